The molecule has 1 amide bonds. The van der Waals surface area contributed by atoms with Gasteiger partial charge in [0.05, 0.1) is 6.26 Å². The monoisotopic (exact) mass is 372 g/mol. The summed E-state index contributed by atoms with van der Waals surface area (Å²) in [5.41, 5.74) is 0.753. The summed E-state index contributed by atoms with van der Waals surface area (Å²) >= 11 is 6.11. The Morgan fingerprint density at radius 1 is 1.25 bits per heavy atom. The molecule has 1 aliphatic carbocycles. The third-order valence-electron chi connectivity index (χ3n) is 4.41. The molecule has 0 spiro atoms. The van der Waals surface area contributed by atoms with Gasteiger partial charge in [-0.05, 0) is 24.5 Å². The fourth-order valence-corrected chi connectivity index (χ4v) is 3.98. The first-order valence-electron chi connectivity index (χ1n) is 8.34. The number of carbonyl (C=O) groups excluding carboxylic acids is 1. The second-order valence-corrected chi connectivity index (χ2v) is 8.70. The zero-order valence-electron chi connectivity index (χ0n) is 14.0. The number of amides is 1. The van der Waals surface area contributed by atoms with E-state index in [1.165, 1.54) is 17.0 Å². The number of sulfonamides is 1. The number of benzene rings is 1. The van der Waals surface area contributed by atoms with E-state index in [0.717, 1.165) is 31.2 Å². The predicted molar refractivity (Wildman–Crippen MR) is 96.3 cm³/mol. The zero-order valence-corrected chi connectivity index (χ0v) is 15.6. The van der Waals surface area contributed by atoms with Crippen LogP contribution in [-0.4, -0.2) is 38.0 Å². The Morgan fingerprint density at radius 3 is 2.54 bits per heavy atom. The fraction of sp³-hybridized carbons (Fsp3) is 0.588. The summed E-state index contributed by atoms with van der Waals surface area (Å²) in [5, 5.41) is 3.42. The Kier molecular flexibility index (Phi) is 7.07. The van der Waals surface area contributed by atoms with E-state index in [2.05, 4.69) is 5.32 Å². The van der Waals surface area contributed by atoms with E-state index in [9.17, 15) is 13.2 Å². The lowest BCUT2D eigenvalue weighted by molar-refractivity contribution is -0.125. The number of hydrogen-bond donors (Lipinski definition) is 1. The fourth-order valence-electron chi connectivity index (χ4n) is 2.99. The molecule has 0 bridgehead atoms. The molecule has 0 atom stereocenters. The maximum atomic E-state index is 12.1. The smallest absolute Gasteiger partial charge is 0.223 e. The van der Waals surface area contributed by atoms with Crippen molar-refractivity contribution >= 4 is 27.5 Å². The summed E-state index contributed by atoms with van der Waals surface area (Å²) in [4.78, 5) is 12.1. The van der Waals surface area contributed by atoms with Crippen molar-refractivity contribution in [3.63, 3.8) is 0 Å². The molecule has 1 aliphatic rings. The molecule has 2 rings (SSSR count). The third-order valence-corrected chi connectivity index (χ3v) is 6.03. The van der Waals surface area contributed by atoms with Gasteiger partial charge >= 0.3 is 0 Å². The maximum Gasteiger partial charge on any atom is 0.223 e. The molecule has 0 aliphatic heterocycles. The highest BCUT2D eigenvalue weighted by molar-refractivity contribution is 7.88. The number of halogens is 1. The van der Waals surface area contributed by atoms with Crippen LogP contribution in [0.25, 0.3) is 0 Å². The molecular weight excluding hydrogens is 348 g/mol. The highest BCUT2D eigenvalue weighted by Crippen LogP contribution is 2.23. The zero-order chi connectivity index (χ0) is 17.6. The lowest BCUT2D eigenvalue weighted by Crippen LogP contribution is -2.40. The quantitative estimate of drug-likeness (QED) is 0.800. The summed E-state index contributed by atoms with van der Waals surface area (Å²) in [6.45, 7) is 0.757. The minimum atomic E-state index is -3.38. The normalized spacial score (nSPS) is 16.3. The highest BCUT2D eigenvalue weighted by Gasteiger charge is 2.22. The topological polar surface area (TPSA) is 66.5 Å². The van der Waals surface area contributed by atoms with Gasteiger partial charge in [0.1, 0.15) is 0 Å². The van der Waals surface area contributed by atoms with Gasteiger partial charge in [0, 0.05) is 30.6 Å². The second kappa shape index (κ2) is 8.83. The van der Waals surface area contributed by atoms with Crippen LogP contribution in [0.3, 0.4) is 0 Å². The van der Waals surface area contributed by atoms with E-state index in [1.807, 2.05) is 6.07 Å². The Bertz CT molecular complexity index is 658. The molecule has 0 heterocycles. The van der Waals surface area contributed by atoms with E-state index in [4.69, 9.17) is 11.6 Å². The first-order valence-corrected chi connectivity index (χ1v) is 10.6. The minimum Gasteiger partial charge on any atom is -0.355 e. The minimum absolute atomic E-state index is 0.0425. The van der Waals surface area contributed by atoms with Crippen LogP contribution in [0.2, 0.25) is 5.02 Å². The van der Waals surface area contributed by atoms with Crippen molar-refractivity contribution in [2.24, 2.45) is 5.92 Å². The van der Waals surface area contributed by atoms with Crippen LogP contribution in [0.15, 0.2) is 24.3 Å². The summed E-state index contributed by atoms with van der Waals surface area (Å²) in [6, 6.07) is 7.18. The van der Waals surface area contributed by atoms with Gasteiger partial charge in [-0.1, -0.05) is 49.1 Å². The molecule has 134 valence electrons. The molecule has 24 heavy (non-hydrogen) atoms. The molecule has 0 unspecified atom stereocenters. The predicted octanol–water partition coefficient (Wildman–Crippen LogP) is 2.80. The number of carbonyl (C=O) groups is 1. The number of rotatable bonds is 7. The summed E-state index contributed by atoms with van der Waals surface area (Å²) in [7, 11) is -3.38. The van der Waals surface area contributed by atoms with Gasteiger partial charge in [-0.2, -0.15) is 4.31 Å². The van der Waals surface area contributed by atoms with Crippen molar-refractivity contribution in [2.75, 3.05) is 19.3 Å². The van der Waals surface area contributed by atoms with Crippen LogP contribution in [0, 0.1) is 5.92 Å². The van der Waals surface area contributed by atoms with E-state index >= 15 is 0 Å². The lowest BCUT2D eigenvalue weighted by atomic mass is 9.89. The molecule has 7 heteroatoms. The Balaban J connectivity index is 1.90. The average Bonchev–Trinajstić information content (AvgIpc) is 2.55. The Morgan fingerprint density at radius 2 is 1.92 bits per heavy atom. The molecule has 1 saturated carbocycles. The highest BCUT2D eigenvalue weighted by atomic mass is 35.5. The molecule has 1 fully saturated rings. The third kappa shape index (κ3) is 5.76. The lowest BCUT2D eigenvalue weighted by Gasteiger charge is -2.23. The van der Waals surface area contributed by atoms with Crippen molar-refractivity contribution in [3.8, 4) is 0 Å². The van der Waals surface area contributed by atoms with E-state index < -0.39 is 10.0 Å². The molecular formula is C17H25ClN2O3S. The SMILES string of the molecule is CS(=O)(=O)N(CCNC(=O)C1CCCCC1)Cc1ccccc1Cl. The van der Waals surface area contributed by atoms with Crippen LogP contribution >= 0.6 is 11.6 Å². The molecule has 0 saturated heterocycles. The largest absolute Gasteiger partial charge is 0.355 e. The molecule has 1 N–H and O–H groups in total. The second-order valence-electron chi connectivity index (χ2n) is 6.31. The molecule has 1 aromatic carbocycles. The van der Waals surface area contributed by atoms with Crippen molar-refractivity contribution in [3.05, 3.63) is 34.9 Å². The summed E-state index contributed by atoms with van der Waals surface area (Å²) in [5.74, 6) is 0.120. The van der Waals surface area contributed by atoms with E-state index in [1.54, 1.807) is 18.2 Å². The maximum absolute atomic E-state index is 12.1. The molecule has 0 radical (unpaired) electrons. The van der Waals surface area contributed by atoms with Crippen molar-refractivity contribution in [1.29, 1.82) is 0 Å². The number of nitrogens with one attached hydrogen (secondary N) is 1. The first kappa shape index (κ1) is 19.2. The van der Waals surface area contributed by atoms with E-state index in [-0.39, 0.29) is 24.9 Å². The molecule has 5 nitrogen and oxygen atoms in total. The van der Waals surface area contributed by atoms with Crippen LogP contribution in [0.5, 0.6) is 0 Å². The number of nitrogens with zero attached hydrogens (tertiary/aromatic N) is 1. The van der Waals surface area contributed by atoms with Gasteiger partial charge in [-0.3, -0.25) is 4.79 Å². The average molecular weight is 373 g/mol. The summed E-state index contributed by atoms with van der Waals surface area (Å²) in [6.07, 6.45) is 6.43. The van der Waals surface area contributed by atoms with Crippen molar-refractivity contribution in [1.82, 2.24) is 9.62 Å². The van der Waals surface area contributed by atoms with Gasteiger partial charge in [-0.25, -0.2) is 8.42 Å². The van der Waals surface area contributed by atoms with Gasteiger partial charge < -0.3 is 5.32 Å². The van der Waals surface area contributed by atoms with Gasteiger partial charge in [0.2, 0.25) is 15.9 Å². The Hall–Kier alpha value is -1.11. The van der Waals surface area contributed by atoms with Gasteiger partial charge in [-0.15, -0.1) is 0 Å². The van der Waals surface area contributed by atoms with Crippen molar-refractivity contribution < 1.29 is 13.2 Å². The first-order chi connectivity index (χ1) is 11.4. The van der Waals surface area contributed by atoms with Crippen LogP contribution in [-0.2, 0) is 21.4 Å². The van der Waals surface area contributed by atoms with Gasteiger partial charge in [0.25, 0.3) is 0 Å². The van der Waals surface area contributed by atoms with Crippen LogP contribution < -0.4 is 5.32 Å². The van der Waals surface area contributed by atoms with Gasteiger partial charge in [0.15, 0.2) is 0 Å². The van der Waals surface area contributed by atoms with Crippen LogP contribution in [0.1, 0.15) is 37.7 Å². The van der Waals surface area contributed by atoms with Crippen molar-refractivity contribution in [2.45, 2.75) is 38.6 Å². The Labute approximate surface area is 149 Å². The molecule has 1 aromatic rings. The molecule has 0 aromatic heterocycles. The standard InChI is InChI=1S/C17H25ClN2O3S/c1-24(22,23)20(13-15-9-5-6-10-16(15)18)12-11-19-17(21)14-7-3-2-4-8-14/h5-6,9-10,14H,2-4,7-8,11-13H2,1H3,(H,19,21). The van der Waals surface area contributed by atoms with Crippen LogP contribution in [0.4, 0.5) is 0 Å². The van der Waals surface area contributed by atoms with E-state index in [0.29, 0.717) is 11.6 Å². The number of hydrogen-bond acceptors (Lipinski definition) is 3. The summed E-state index contributed by atoms with van der Waals surface area (Å²) < 4.78 is 25.3.